The molecule has 4 nitrogen and oxygen atoms in total. The van der Waals surface area contributed by atoms with E-state index in [1.54, 1.807) is 6.08 Å². The van der Waals surface area contributed by atoms with Crippen molar-refractivity contribution in [3.8, 4) is 0 Å². The summed E-state index contributed by atoms with van der Waals surface area (Å²) in [5.41, 5.74) is 0. The van der Waals surface area contributed by atoms with Gasteiger partial charge in [0.15, 0.2) is 0 Å². The second-order valence-electron chi connectivity index (χ2n) is 19.7. The van der Waals surface area contributed by atoms with E-state index in [4.69, 9.17) is 0 Å². The number of carbonyl (C=O) groups excluding carboxylic acids is 1. The van der Waals surface area contributed by atoms with Crippen LogP contribution >= 0.6 is 0 Å². The minimum absolute atomic E-state index is 0.108. The van der Waals surface area contributed by atoms with Crippen molar-refractivity contribution in [2.45, 2.75) is 289 Å². The van der Waals surface area contributed by atoms with Gasteiger partial charge in [-0.15, -0.1) is 0 Å². The van der Waals surface area contributed by atoms with Crippen LogP contribution < -0.4 is 5.32 Å². The summed E-state index contributed by atoms with van der Waals surface area (Å²) in [6.45, 7) is 4.18. The zero-order chi connectivity index (χ0) is 49.9. The molecular formula is C65H113NO3. The molecule has 0 aromatic carbocycles. The molecule has 4 heteroatoms. The van der Waals surface area contributed by atoms with Gasteiger partial charge in [-0.1, -0.05) is 290 Å². The first kappa shape index (κ1) is 66.0. The van der Waals surface area contributed by atoms with E-state index < -0.39 is 12.1 Å². The van der Waals surface area contributed by atoms with Crippen LogP contribution in [0.5, 0.6) is 0 Å². The van der Waals surface area contributed by atoms with Crippen molar-refractivity contribution in [3.05, 3.63) is 109 Å². The van der Waals surface area contributed by atoms with Crippen LogP contribution in [0.3, 0.4) is 0 Å². The molecule has 0 aliphatic carbocycles. The van der Waals surface area contributed by atoms with Crippen LogP contribution in [-0.2, 0) is 4.79 Å². The lowest BCUT2D eigenvalue weighted by Gasteiger charge is -2.19. The smallest absolute Gasteiger partial charge is 0.220 e. The number of hydrogen-bond acceptors (Lipinski definition) is 3. The first-order valence-electron chi connectivity index (χ1n) is 29.6. The van der Waals surface area contributed by atoms with Gasteiger partial charge in [0.2, 0.25) is 5.91 Å². The number of nitrogens with one attached hydrogen (secondary N) is 1. The van der Waals surface area contributed by atoms with Crippen molar-refractivity contribution in [2.75, 3.05) is 6.61 Å². The normalized spacial score (nSPS) is 13.6. The molecule has 0 rings (SSSR count). The predicted octanol–water partition coefficient (Wildman–Crippen LogP) is 19.9. The van der Waals surface area contributed by atoms with Crippen LogP contribution in [0.4, 0.5) is 0 Å². The van der Waals surface area contributed by atoms with Gasteiger partial charge >= 0.3 is 0 Å². The van der Waals surface area contributed by atoms with Gasteiger partial charge in [-0.05, 0) is 89.9 Å². The van der Waals surface area contributed by atoms with E-state index in [0.29, 0.717) is 6.42 Å². The standard InChI is InChI=1S/C65H113NO3/c1-3-5-7-9-11-13-15-17-19-21-23-25-27-29-30-31-32-33-34-35-37-38-40-42-44-46-48-50-52-54-56-58-60-64(68)63(62-67)66-65(69)61-59-57-55-53-51-49-47-45-43-41-39-36-28-26-24-22-20-18-16-14-12-10-8-6-4-2/h6,8,12,14,18,20,24,26,36,39,43,45,49-52,58,60,63-64,67-68H,3-5,7,9-11,13,15-17,19,21-23,25,27-35,37-38,40-42,44,46-48,53-57,59,61-62H2,1-2H3,(H,66,69)/b8-6-,14-12-,20-18-,26-24-,39-36-,45-43-,51-49-,52-50+,60-58+. The van der Waals surface area contributed by atoms with Crippen LogP contribution in [0, 0.1) is 0 Å². The van der Waals surface area contributed by atoms with Gasteiger partial charge < -0.3 is 15.5 Å². The van der Waals surface area contributed by atoms with Gasteiger partial charge in [0, 0.05) is 6.42 Å². The van der Waals surface area contributed by atoms with Crippen molar-refractivity contribution in [1.82, 2.24) is 5.32 Å². The van der Waals surface area contributed by atoms with E-state index >= 15 is 0 Å². The fourth-order valence-electron chi connectivity index (χ4n) is 8.53. The molecule has 2 unspecified atom stereocenters. The van der Waals surface area contributed by atoms with E-state index in [9.17, 15) is 15.0 Å². The number of hydrogen-bond donors (Lipinski definition) is 3. The van der Waals surface area contributed by atoms with Crippen LogP contribution in [0.1, 0.15) is 277 Å². The Kier molecular flexibility index (Phi) is 56.8. The zero-order valence-corrected chi connectivity index (χ0v) is 45.5. The highest BCUT2D eigenvalue weighted by Gasteiger charge is 2.17. The highest BCUT2D eigenvalue weighted by molar-refractivity contribution is 5.76. The second kappa shape index (κ2) is 59.4. The van der Waals surface area contributed by atoms with E-state index in [1.165, 1.54) is 167 Å². The SMILES string of the molecule is CC/C=C\C/C=C\C/C=C\C/C=C\C/C=C\C/C=C\C/C=C\CCCCCC(=O)NC(CO)C(O)/C=C/CC/C=C/CCCCCCCCCCCCCCCCCCCCCCCCCCCC. The molecule has 0 aromatic heterocycles. The summed E-state index contributed by atoms with van der Waals surface area (Å²) in [7, 11) is 0. The van der Waals surface area contributed by atoms with E-state index in [1.807, 2.05) is 6.08 Å². The fraction of sp³-hybridized carbons (Fsp3) is 0.708. The molecule has 396 valence electrons. The Bertz CT molecular complexity index is 1310. The lowest BCUT2D eigenvalue weighted by Crippen LogP contribution is -2.45. The van der Waals surface area contributed by atoms with Crippen LogP contribution in [0.15, 0.2) is 109 Å². The molecule has 0 bridgehead atoms. The minimum atomic E-state index is -0.886. The molecule has 0 aliphatic rings. The average molecular weight is 957 g/mol. The molecule has 0 fully saturated rings. The zero-order valence-electron chi connectivity index (χ0n) is 45.5. The third kappa shape index (κ3) is 55.8. The Balaban J connectivity index is 3.61. The third-order valence-corrected chi connectivity index (χ3v) is 13.0. The molecule has 0 saturated carbocycles. The molecule has 1 amide bonds. The number of rotatable bonds is 53. The second-order valence-corrected chi connectivity index (χ2v) is 19.7. The number of carbonyl (C=O) groups is 1. The van der Waals surface area contributed by atoms with Crippen molar-refractivity contribution < 1.29 is 15.0 Å². The molecule has 69 heavy (non-hydrogen) atoms. The Labute approximate surface area is 429 Å². The van der Waals surface area contributed by atoms with Crippen LogP contribution in [-0.4, -0.2) is 34.9 Å². The van der Waals surface area contributed by atoms with E-state index in [-0.39, 0.29) is 12.5 Å². The van der Waals surface area contributed by atoms with E-state index in [0.717, 1.165) is 89.9 Å². The molecule has 3 N–H and O–H groups in total. The molecule has 0 saturated heterocycles. The highest BCUT2D eigenvalue weighted by atomic mass is 16.3. The predicted molar refractivity (Wildman–Crippen MR) is 308 cm³/mol. The number of aliphatic hydroxyl groups excluding tert-OH is 2. The monoisotopic (exact) mass is 956 g/mol. The van der Waals surface area contributed by atoms with Gasteiger partial charge in [-0.3, -0.25) is 4.79 Å². The van der Waals surface area contributed by atoms with Gasteiger partial charge in [0.1, 0.15) is 0 Å². The summed E-state index contributed by atoms with van der Waals surface area (Å²) in [5, 5.41) is 23.1. The Morgan fingerprint density at radius 1 is 0.362 bits per heavy atom. The largest absolute Gasteiger partial charge is 0.394 e. The minimum Gasteiger partial charge on any atom is -0.394 e. The van der Waals surface area contributed by atoms with Gasteiger partial charge in [-0.25, -0.2) is 0 Å². The highest BCUT2D eigenvalue weighted by Crippen LogP contribution is 2.17. The van der Waals surface area contributed by atoms with Crippen molar-refractivity contribution in [3.63, 3.8) is 0 Å². The van der Waals surface area contributed by atoms with Gasteiger partial charge in [0.05, 0.1) is 18.8 Å². The van der Waals surface area contributed by atoms with Crippen molar-refractivity contribution in [2.24, 2.45) is 0 Å². The maximum atomic E-state index is 12.5. The summed E-state index contributed by atoms with van der Waals surface area (Å²) < 4.78 is 0. The molecule has 0 spiro atoms. The quantitative estimate of drug-likeness (QED) is 0.0420. The number of amides is 1. The summed E-state index contributed by atoms with van der Waals surface area (Å²) >= 11 is 0. The number of aliphatic hydroxyl groups is 2. The van der Waals surface area contributed by atoms with Crippen LogP contribution in [0.25, 0.3) is 0 Å². The maximum absolute atomic E-state index is 12.5. The molecular weight excluding hydrogens is 843 g/mol. The molecule has 2 atom stereocenters. The summed E-state index contributed by atoms with van der Waals surface area (Å²) in [6.07, 6.45) is 89.8. The summed E-state index contributed by atoms with van der Waals surface area (Å²) in [6, 6.07) is -0.667. The number of unbranched alkanes of at least 4 members (excludes halogenated alkanes) is 30. The third-order valence-electron chi connectivity index (χ3n) is 13.0. The van der Waals surface area contributed by atoms with Crippen LogP contribution in [0.2, 0.25) is 0 Å². The van der Waals surface area contributed by atoms with Crippen molar-refractivity contribution in [1.29, 1.82) is 0 Å². The maximum Gasteiger partial charge on any atom is 0.220 e. The van der Waals surface area contributed by atoms with Gasteiger partial charge in [-0.2, -0.15) is 0 Å². The topological polar surface area (TPSA) is 69.6 Å². The fourth-order valence-corrected chi connectivity index (χ4v) is 8.53. The molecule has 0 aromatic rings. The van der Waals surface area contributed by atoms with Gasteiger partial charge in [0.25, 0.3) is 0 Å². The lowest BCUT2D eigenvalue weighted by molar-refractivity contribution is -0.123. The first-order valence-corrected chi connectivity index (χ1v) is 29.6. The summed E-state index contributed by atoms with van der Waals surface area (Å²) in [5.74, 6) is -0.108. The Morgan fingerprint density at radius 2 is 0.652 bits per heavy atom. The summed E-state index contributed by atoms with van der Waals surface area (Å²) in [4.78, 5) is 12.5. The Hall–Kier alpha value is -2.95. The average Bonchev–Trinajstić information content (AvgIpc) is 3.35. The Morgan fingerprint density at radius 3 is 1.01 bits per heavy atom. The number of allylic oxidation sites excluding steroid dienone is 17. The molecule has 0 radical (unpaired) electrons. The van der Waals surface area contributed by atoms with Crippen molar-refractivity contribution >= 4 is 5.91 Å². The first-order chi connectivity index (χ1) is 34.2. The molecule has 0 aliphatic heterocycles. The van der Waals surface area contributed by atoms with E-state index in [2.05, 4.69) is 116 Å². The lowest BCUT2D eigenvalue weighted by atomic mass is 10.0. The molecule has 0 heterocycles.